The number of rotatable bonds is 4. The lowest BCUT2D eigenvalue weighted by Crippen LogP contribution is -2.56. The number of nitrogens with one attached hydrogen (secondary N) is 1. The van der Waals surface area contributed by atoms with E-state index in [1.807, 2.05) is 33.2 Å². The van der Waals surface area contributed by atoms with Gasteiger partial charge in [-0.3, -0.25) is 9.78 Å². The zero-order valence-corrected chi connectivity index (χ0v) is 19.3. The number of pyridine rings is 1. The molecular weight excluding hydrogens is 403 g/mol. The Hall–Kier alpha value is -2.73. The van der Waals surface area contributed by atoms with Crippen molar-refractivity contribution in [3.8, 4) is 5.69 Å². The van der Waals surface area contributed by atoms with Crippen molar-refractivity contribution in [1.82, 2.24) is 19.8 Å². The van der Waals surface area contributed by atoms with Crippen molar-refractivity contribution < 1.29 is 9.18 Å². The van der Waals surface area contributed by atoms with Gasteiger partial charge in [0.2, 0.25) is 0 Å². The lowest BCUT2D eigenvalue weighted by molar-refractivity contribution is 0.0716. The summed E-state index contributed by atoms with van der Waals surface area (Å²) in [5.41, 5.74) is 6.25. The summed E-state index contributed by atoms with van der Waals surface area (Å²) in [6.45, 7) is 10.7. The number of carbonyl (C=O) groups excluding carboxylic acids is 1. The van der Waals surface area contributed by atoms with Crippen LogP contribution in [0.1, 0.15) is 54.4 Å². The van der Waals surface area contributed by atoms with Crippen LogP contribution in [0.3, 0.4) is 0 Å². The molecule has 0 saturated carbocycles. The minimum atomic E-state index is -0.393. The molecule has 1 aliphatic heterocycles. The number of aromatic nitrogens is 2. The molecule has 5 nitrogen and oxygen atoms in total. The second kappa shape index (κ2) is 7.69. The van der Waals surface area contributed by atoms with Crippen molar-refractivity contribution in [2.45, 2.75) is 53.0 Å². The van der Waals surface area contributed by atoms with Crippen LogP contribution in [0, 0.1) is 18.2 Å². The number of halogens is 1. The number of amides is 1. The lowest BCUT2D eigenvalue weighted by Gasteiger charge is -2.45. The van der Waals surface area contributed by atoms with E-state index in [1.165, 1.54) is 28.8 Å². The van der Waals surface area contributed by atoms with Crippen molar-refractivity contribution in [2.75, 3.05) is 19.6 Å². The Morgan fingerprint density at radius 3 is 2.75 bits per heavy atom. The molecule has 1 amide bonds. The standard InChI is InChI=1S/C26H31FN4O/c1-5-30(16(2)3)25(32)19-10-18(27)6-7-21(19)31-22-8-9-26(14-29-15-26)11-20(22)24-17(4)12-28-13-23(24)31/h6-7,10,12-13,16,29H,5,8-9,11,14-15H2,1-4H3. The summed E-state index contributed by atoms with van der Waals surface area (Å²) in [6, 6.07) is 4.64. The Balaban J connectivity index is 1.75. The largest absolute Gasteiger partial charge is 0.336 e. The van der Waals surface area contributed by atoms with Gasteiger partial charge < -0.3 is 14.8 Å². The number of carbonyl (C=O) groups is 1. The summed E-state index contributed by atoms with van der Waals surface area (Å²) >= 11 is 0. The van der Waals surface area contributed by atoms with Gasteiger partial charge in [0.05, 0.1) is 23.0 Å². The van der Waals surface area contributed by atoms with Crippen LogP contribution in [0.2, 0.25) is 0 Å². The molecule has 5 rings (SSSR count). The van der Waals surface area contributed by atoms with E-state index < -0.39 is 5.82 Å². The highest BCUT2D eigenvalue weighted by Crippen LogP contribution is 2.44. The number of hydrogen-bond donors (Lipinski definition) is 1. The van der Waals surface area contributed by atoms with Crippen LogP contribution in [0.15, 0.2) is 30.6 Å². The van der Waals surface area contributed by atoms with E-state index in [4.69, 9.17) is 0 Å². The fourth-order valence-corrected chi connectivity index (χ4v) is 5.67. The van der Waals surface area contributed by atoms with Gasteiger partial charge in [-0.25, -0.2) is 4.39 Å². The molecule has 0 atom stereocenters. The monoisotopic (exact) mass is 434 g/mol. The van der Waals surface area contributed by atoms with Gasteiger partial charge in [0.1, 0.15) is 5.82 Å². The van der Waals surface area contributed by atoms with E-state index in [2.05, 4.69) is 21.8 Å². The SMILES string of the molecule is CCN(C(=O)c1cc(F)ccc1-n1c2c(c3c(C)cncc31)CC1(CC2)CNC1)C(C)C. The number of fused-ring (bicyclic) bond motifs is 3. The Morgan fingerprint density at radius 2 is 2.09 bits per heavy atom. The lowest BCUT2D eigenvalue weighted by atomic mass is 9.68. The summed E-state index contributed by atoms with van der Waals surface area (Å²) in [4.78, 5) is 19.8. The summed E-state index contributed by atoms with van der Waals surface area (Å²) in [7, 11) is 0. The first-order chi connectivity index (χ1) is 15.3. The van der Waals surface area contributed by atoms with Gasteiger partial charge in [-0.15, -0.1) is 0 Å². The molecule has 2 aliphatic rings. The maximum Gasteiger partial charge on any atom is 0.256 e. The predicted molar refractivity (Wildman–Crippen MR) is 125 cm³/mol. The van der Waals surface area contributed by atoms with Gasteiger partial charge in [0.15, 0.2) is 0 Å². The van der Waals surface area contributed by atoms with Gasteiger partial charge in [-0.05, 0) is 81.7 Å². The maximum atomic E-state index is 14.4. The zero-order chi connectivity index (χ0) is 22.6. The topological polar surface area (TPSA) is 50.2 Å². The first kappa shape index (κ1) is 21.1. The summed E-state index contributed by atoms with van der Waals surface area (Å²) < 4.78 is 16.6. The van der Waals surface area contributed by atoms with Crippen LogP contribution in [-0.2, 0) is 12.8 Å². The second-order valence-electron chi connectivity index (χ2n) is 9.74. The van der Waals surface area contributed by atoms with Gasteiger partial charge >= 0.3 is 0 Å². The second-order valence-corrected chi connectivity index (χ2v) is 9.74. The van der Waals surface area contributed by atoms with E-state index in [1.54, 1.807) is 11.0 Å². The van der Waals surface area contributed by atoms with Crippen LogP contribution in [0.5, 0.6) is 0 Å². The fourth-order valence-electron chi connectivity index (χ4n) is 5.67. The molecule has 1 spiro atoms. The average Bonchev–Trinajstić information content (AvgIpc) is 3.07. The number of benzene rings is 1. The third-order valence-corrected chi connectivity index (χ3v) is 7.38. The molecule has 0 radical (unpaired) electrons. The van der Waals surface area contributed by atoms with Crippen LogP contribution in [0.25, 0.3) is 16.6 Å². The molecule has 168 valence electrons. The van der Waals surface area contributed by atoms with E-state index in [-0.39, 0.29) is 11.9 Å². The summed E-state index contributed by atoms with van der Waals surface area (Å²) in [6.07, 6.45) is 6.90. The Labute approximate surface area is 188 Å². The van der Waals surface area contributed by atoms with E-state index >= 15 is 0 Å². The maximum absolute atomic E-state index is 14.4. The average molecular weight is 435 g/mol. The highest BCUT2D eigenvalue weighted by Gasteiger charge is 2.42. The number of aryl methyl sites for hydroxylation is 1. The summed E-state index contributed by atoms with van der Waals surface area (Å²) in [5.74, 6) is -0.528. The van der Waals surface area contributed by atoms with Crippen LogP contribution >= 0.6 is 0 Å². The molecule has 1 aromatic carbocycles. The highest BCUT2D eigenvalue weighted by molar-refractivity contribution is 5.99. The van der Waals surface area contributed by atoms with Crippen molar-refractivity contribution in [3.05, 3.63) is 58.8 Å². The molecule has 3 aromatic rings. The van der Waals surface area contributed by atoms with Gasteiger partial charge in [0.25, 0.3) is 5.91 Å². The Bertz CT molecular complexity index is 1210. The predicted octanol–water partition coefficient (Wildman–Crippen LogP) is 4.42. The zero-order valence-electron chi connectivity index (χ0n) is 19.3. The highest BCUT2D eigenvalue weighted by atomic mass is 19.1. The normalized spacial score (nSPS) is 16.9. The minimum absolute atomic E-state index is 0.0359. The van der Waals surface area contributed by atoms with Gasteiger partial charge in [0, 0.05) is 43.0 Å². The Morgan fingerprint density at radius 1 is 1.31 bits per heavy atom. The fraction of sp³-hybridized carbons (Fsp3) is 0.462. The molecule has 1 saturated heterocycles. The number of hydrogen-bond acceptors (Lipinski definition) is 3. The summed E-state index contributed by atoms with van der Waals surface area (Å²) in [5, 5.41) is 4.69. The van der Waals surface area contributed by atoms with Crippen LogP contribution < -0.4 is 5.32 Å². The van der Waals surface area contributed by atoms with Crippen molar-refractivity contribution >= 4 is 16.8 Å². The molecule has 32 heavy (non-hydrogen) atoms. The van der Waals surface area contributed by atoms with Gasteiger partial charge in [-0.2, -0.15) is 0 Å². The van der Waals surface area contributed by atoms with E-state index in [0.717, 1.165) is 49.1 Å². The van der Waals surface area contributed by atoms with Crippen LogP contribution in [-0.4, -0.2) is 46.0 Å². The van der Waals surface area contributed by atoms with Crippen molar-refractivity contribution in [1.29, 1.82) is 0 Å². The molecule has 0 bridgehead atoms. The van der Waals surface area contributed by atoms with Crippen molar-refractivity contribution in [2.24, 2.45) is 5.41 Å². The van der Waals surface area contributed by atoms with E-state index in [9.17, 15) is 9.18 Å². The molecule has 2 aromatic heterocycles. The molecular formula is C26H31FN4O. The van der Waals surface area contributed by atoms with Gasteiger partial charge in [-0.1, -0.05) is 0 Å². The van der Waals surface area contributed by atoms with Crippen LogP contribution in [0.4, 0.5) is 4.39 Å². The molecule has 0 unspecified atom stereocenters. The quantitative estimate of drug-likeness (QED) is 0.661. The molecule has 1 aliphatic carbocycles. The smallest absolute Gasteiger partial charge is 0.256 e. The Kier molecular flexibility index (Phi) is 5.08. The minimum Gasteiger partial charge on any atom is -0.336 e. The molecule has 3 heterocycles. The number of nitrogens with zero attached hydrogens (tertiary/aromatic N) is 3. The van der Waals surface area contributed by atoms with Crippen molar-refractivity contribution in [3.63, 3.8) is 0 Å². The molecule has 1 N–H and O–H groups in total. The molecule has 6 heteroatoms. The molecule has 1 fully saturated rings. The first-order valence-electron chi connectivity index (χ1n) is 11.6. The third-order valence-electron chi connectivity index (χ3n) is 7.38. The third kappa shape index (κ3) is 3.15. The first-order valence-corrected chi connectivity index (χ1v) is 11.6. The van der Waals surface area contributed by atoms with E-state index in [0.29, 0.717) is 17.5 Å².